The second-order valence-electron chi connectivity index (χ2n) is 8.64. The lowest BCUT2D eigenvalue weighted by Crippen LogP contribution is -2.60. The average Bonchev–Trinajstić information content (AvgIpc) is 3.29. The number of ether oxygens (including phenoxy) is 2. The molecule has 0 bridgehead atoms. The van der Waals surface area contributed by atoms with E-state index in [4.69, 9.17) is 21.1 Å². The first-order chi connectivity index (χ1) is 13.7. The summed E-state index contributed by atoms with van der Waals surface area (Å²) in [7, 11) is 0. The Hall–Kier alpha value is -1.60. The molecule has 1 atom stereocenters. The molecule has 7 heteroatoms. The Bertz CT molecular complexity index is 945. The van der Waals surface area contributed by atoms with Crippen LogP contribution in [-0.4, -0.2) is 35.9 Å². The quantitative estimate of drug-likeness (QED) is 0.668. The van der Waals surface area contributed by atoms with Crippen LogP contribution in [0.5, 0.6) is 0 Å². The molecule has 29 heavy (non-hydrogen) atoms. The lowest BCUT2D eigenvalue weighted by atomic mass is 9.61. The maximum absolute atomic E-state index is 12.5. The zero-order chi connectivity index (χ0) is 21.0. The molecule has 1 fully saturated rings. The molecule has 0 radical (unpaired) electrons. The van der Waals surface area contributed by atoms with Crippen LogP contribution in [-0.2, 0) is 21.4 Å². The third-order valence-electron chi connectivity index (χ3n) is 5.97. The van der Waals surface area contributed by atoms with Gasteiger partial charge < -0.3 is 14.6 Å². The minimum absolute atomic E-state index is 0.384. The molecule has 0 spiro atoms. The summed E-state index contributed by atoms with van der Waals surface area (Å²) >= 11 is 8.02. The molecule has 0 saturated carbocycles. The van der Waals surface area contributed by atoms with Gasteiger partial charge in [0.25, 0.3) is 0 Å². The van der Waals surface area contributed by atoms with Crippen molar-refractivity contribution in [3.8, 4) is 0 Å². The van der Waals surface area contributed by atoms with Crippen LogP contribution in [0.3, 0.4) is 0 Å². The van der Waals surface area contributed by atoms with Gasteiger partial charge in [-0.05, 0) is 53.6 Å². The maximum atomic E-state index is 12.5. The Morgan fingerprint density at radius 1 is 1.24 bits per heavy atom. The summed E-state index contributed by atoms with van der Waals surface area (Å²) in [5.74, 6) is 0. The first-order valence-corrected chi connectivity index (χ1v) is 11.0. The minimum Gasteiger partial charge on any atom is -0.465 e. The number of rotatable bonds is 2. The van der Waals surface area contributed by atoms with Gasteiger partial charge in [0.1, 0.15) is 5.54 Å². The number of fused-ring (bicyclic) bond motifs is 1. The molecule has 0 unspecified atom stereocenters. The Kier molecular flexibility index (Phi) is 5.18. The van der Waals surface area contributed by atoms with Crippen molar-refractivity contribution < 1.29 is 19.4 Å². The van der Waals surface area contributed by atoms with Gasteiger partial charge in [0.05, 0.1) is 18.1 Å². The topological polar surface area (TPSA) is 59.0 Å². The van der Waals surface area contributed by atoms with Crippen LogP contribution in [0.15, 0.2) is 24.3 Å². The van der Waals surface area contributed by atoms with Crippen LogP contribution in [0, 0.1) is 12.3 Å². The van der Waals surface area contributed by atoms with Gasteiger partial charge in [-0.15, -0.1) is 11.3 Å². The van der Waals surface area contributed by atoms with Crippen molar-refractivity contribution in [3.63, 3.8) is 0 Å². The van der Waals surface area contributed by atoms with E-state index in [9.17, 15) is 9.90 Å². The number of hydrogen-bond donors (Lipinski definition) is 1. The second kappa shape index (κ2) is 7.27. The first kappa shape index (κ1) is 20.7. The molecule has 3 heterocycles. The van der Waals surface area contributed by atoms with E-state index in [1.165, 1.54) is 0 Å². The molecule has 4 rings (SSSR count). The molecule has 1 aromatic carbocycles. The fraction of sp³-hybridized carbons (Fsp3) is 0.500. The molecule has 2 aliphatic rings. The predicted octanol–water partition coefficient (Wildman–Crippen LogP) is 5.58. The standard InChI is InChI=1S/C22H26ClNO4S/c1-13-16(12-18(29-13)19-27-9-10-28-19)22(21(2,3)4)17-11-15(23)6-5-14(17)7-8-24(22)20(25)26/h5-6,11-12,19H,7-10H2,1-4H3,(H,25,26)/t22-/m0/s1. The van der Waals surface area contributed by atoms with Crippen molar-refractivity contribution in [2.75, 3.05) is 19.8 Å². The van der Waals surface area contributed by atoms with Crippen molar-refractivity contribution in [1.82, 2.24) is 4.90 Å². The van der Waals surface area contributed by atoms with E-state index >= 15 is 0 Å². The highest BCUT2D eigenvalue weighted by Crippen LogP contribution is 2.55. The lowest BCUT2D eigenvalue weighted by Gasteiger charge is -2.54. The molecule has 1 aromatic heterocycles. The summed E-state index contributed by atoms with van der Waals surface area (Å²) in [6.45, 7) is 9.91. The molecule has 1 N–H and O–H groups in total. The molecular formula is C22H26ClNO4S. The average molecular weight is 436 g/mol. The Balaban J connectivity index is 2.02. The van der Waals surface area contributed by atoms with Gasteiger partial charge in [-0.2, -0.15) is 0 Å². The van der Waals surface area contributed by atoms with E-state index in [-0.39, 0.29) is 6.29 Å². The van der Waals surface area contributed by atoms with E-state index in [0.29, 0.717) is 31.2 Å². The normalized spacial score (nSPS) is 22.7. The highest BCUT2D eigenvalue weighted by Gasteiger charge is 2.55. The molecule has 1 amide bonds. The molecule has 156 valence electrons. The summed E-state index contributed by atoms with van der Waals surface area (Å²) in [6.07, 6.45) is -0.641. The van der Waals surface area contributed by atoms with Crippen LogP contribution in [0.25, 0.3) is 0 Å². The number of nitrogens with zero attached hydrogens (tertiary/aromatic N) is 1. The zero-order valence-electron chi connectivity index (χ0n) is 17.1. The number of thiophene rings is 1. The minimum atomic E-state index is -0.925. The van der Waals surface area contributed by atoms with Crippen molar-refractivity contribution in [2.24, 2.45) is 5.41 Å². The van der Waals surface area contributed by atoms with E-state index in [1.807, 2.05) is 25.1 Å². The van der Waals surface area contributed by atoms with Crippen molar-refractivity contribution >= 4 is 29.0 Å². The highest BCUT2D eigenvalue weighted by atomic mass is 35.5. The largest absolute Gasteiger partial charge is 0.465 e. The number of benzene rings is 1. The number of amides is 1. The van der Waals surface area contributed by atoms with Crippen molar-refractivity contribution in [3.05, 3.63) is 55.7 Å². The molecule has 2 aliphatic heterocycles. The summed E-state index contributed by atoms with van der Waals surface area (Å²) in [6, 6.07) is 7.93. The number of aryl methyl sites for hydroxylation is 1. The Morgan fingerprint density at radius 3 is 2.55 bits per heavy atom. The van der Waals surface area contributed by atoms with Crippen LogP contribution in [0.1, 0.15) is 53.5 Å². The second-order valence-corrected chi connectivity index (χ2v) is 10.4. The van der Waals surface area contributed by atoms with Gasteiger partial charge in [-0.1, -0.05) is 38.4 Å². The number of hydrogen-bond acceptors (Lipinski definition) is 4. The molecule has 0 aliphatic carbocycles. The molecule has 5 nitrogen and oxygen atoms in total. The first-order valence-electron chi connectivity index (χ1n) is 9.79. The van der Waals surface area contributed by atoms with E-state index in [1.54, 1.807) is 16.2 Å². The third kappa shape index (κ3) is 3.17. The summed E-state index contributed by atoms with van der Waals surface area (Å²) in [4.78, 5) is 16.1. The van der Waals surface area contributed by atoms with Crippen LogP contribution >= 0.6 is 22.9 Å². The van der Waals surface area contributed by atoms with Crippen molar-refractivity contribution in [2.45, 2.75) is 45.9 Å². The molecule has 2 aromatic rings. The van der Waals surface area contributed by atoms with Gasteiger partial charge in [0.15, 0.2) is 6.29 Å². The highest BCUT2D eigenvalue weighted by molar-refractivity contribution is 7.12. The summed E-state index contributed by atoms with van der Waals surface area (Å²) in [5.41, 5.74) is 1.80. The van der Waals surface area contributed by atoms with Gasteiger partial charge >= 0.3 is 6.09 Å². The summed E-state index contributed by atoms with van der Waals surface area (Å²) in [5, 5.41) is 10.9. The van der Waals surface area contributed by atoms with E-state index < -0.39 is 17.0 Å². The number of halogens is 1. The SMILES string of the molecule is Cc1sc(C2OCCO2)cc1[C@@]1(C(C)(C)C)c2cc(Cl)ccc2CCN1C(=O)O. The smallest absolute Gasteiger partial charge is 0.408 e. The van der Waals surface area contributed by atoms with Crippen LogP contribution in [0.4, 0.5) is 4.79 Å². The number of carboxylic acid groups (broad SMARTS) is 1. The maximum Gasteiger partial charge on any atom is 0.408 e. The Morgan fingerprint density at radius 2 is 1.93 bits per heavy atom. The van der Waals surface area contributed by atoms with E-state index in [2.05, 4.69) is 26.8 Å². The fourth-order valence-electron chi connectivity index (χ4n) is 4.89. The molecular weight excluding hydrogens is 410 g/mol. The fourth-order valence-corrected chi connectivity index (χ4v) is 6.15. The van der Waals surface area contributed by atoms with Gasteiger partial charge in [0, 0.05) is 16.4 Å². The van der Waals surface area contributed by atoms with Gasteiger partial charge in [-0.3, -0.25) is 4.90 Å². The monoisotopic (exact) mass is 435 g/mol. The molecule has 1 saturated heterocycles. The van der Waals surface area contributed by atoms with Crippen LogP contribution in [0.2, 0.25) is 5.02 Å². The van der Waals surface area contributed by atoms with Gasteiger partial charge in [-0.25, -0.2) is 4.79 Å². The predicted molar refractivity (Wildman–Crippen MR) is 114 cm³/mol. The van der Waals surface area contributed by atoms with Gasteiger partial charge in [0.2, 0.25) is 0 Å². The lowest BCUT2D eigenvalue weighted by molar-refractivity contribution is -0.0415. The van der Waals surface area contributed by atoms with Crippen LogP contribution < -0.4 is 0 Å². The Labute approximate surface area is 180 Å². The third-order valence-corrected chi connectivity index (χ3v) is 7.28. The van der Waals surface area contributed by atoms with E-state index in [0.717, 1.165) is 26.4 Å². The number of carbonyl (C=O) groups is 1. The summed E-state index contributed by atoms with van der Waals surface area (Å²) < 4.78 is 11.4. The zero-order valence-corrected chi connectivity index (χ0v) is 18.7. The van der Waals surface area contributed by atoms with Crippen molar-refractivity contribution in [1.29, 1.82) is 0 Å².